The van der Waals surface area contributed by atoms with Crippen LogP contribution in [0.25, 0.3) is 0 Å². The van der Waals surface area contributed by atoms with E-state index in [0.29, 0.717) is 6.04 Å². The summed E-state index contributed by atoms with van der Waals surface area (Å²) in [4.78, 5) is 0. The molecule has 3 atom stereocenters. The van der Waals surface area contributed by atoms with Gasteiger partial charge in [0.2, 0.25) is 0 Å². The molecule has 1 aromatic rings. The maximum absolute atomic E-state index is 5.93. The quantitative estimate of drug-likeness (QED) is 0.865. The third-order valence-electron chi connectivity index (χ3n) is 5.17. The van der Waals surface area contributed by atoms with Crippen LogP contribution in [0.1, 0.15) is 44.1 Å². The molecule has 1 aliphatic heterocycles. The molecule has 2 nitrogen and oxygen atoms in total. The number of benzene rings is 1. The Balaban J connectivity index is 1.46. The van der Waals surface area contributed by atoms with E-state index in [4.69, 9.17) is 11.6 Å². The van der Waals surface area contributed by atoms with Crippen molar-refractivity contribution in [1.82, 2.24) is 10.6 Å². The molecule has 2 N–H and O–H groups in total. The van der Waals surface area contributed by atoms with Crippen molar-refractivity contribution < 1.29 is 0 Å². The van der Waals surface area contributed by atoms with Crippen molar-refractivity contribution in [3.05, 3.63) is 34.9 Å². The zero-order valence-corrected chi connectivity index (χ0v) is 13.5. The van der Waals surface area contributed by atoms with E-state index in [-0.39, 0.29) is 0 Å². The third-order valence-corrected chi connectivity index (χ3v) is 5.42. The fourth-order valence-electron chi connectivity index (χ4n) is 4.02. The van der Waals surface area contributed by atoms with Crippen molar-refractivity contribution in [2.45, 2.75) is 57.0 Å². The highest BCUT2D eigenvalue weighted by atomic mass is 35.5. The van der Waals surface area contributed by atoms with Gasteiger partial charge in [0.05, 0.1) is 0 Å². The Morgan fingerprint density at radius 2 is 1.90 bits per heavy atom. The van der Waals surface area contributed by atoms with E-state index >= 15 is 0 Å². The lowest BCUT2D eigenvalue weighted by atomic mass is 9.88. The fourth-order valence-corrected chi connectivity index (χ4v) is 4.15. The summed E-state index contributed by atoms with van der Waals surface area (Å²) in [6.07, 6.45) is 9.38. The summed E-state index contributed by atoms with van der Waals surface area (Å²) in [6, 6.07) is 9.72. The van der Waals surface area contributed by atoms with E-state index in [1.54, 1.807) is 0 Å². The van der Waals surface area contributed by atoms with Gasteiger partial charge < -0.3 is 10.6 Å². The summed E-state index contributed by atoms with van der Waals surface area (Å²) >= 11 is 5.93. The van der Waals surface area contributed by atoms with Gasteiger partial charge in [-0.05, 0) is 68.8 Å². The Morgan fingerprint density at radius 3 is 2.67 bits per heavy atom. The molecule has 3 unspecified atom stereocenters. The van der Waals surface area contributed by atoms with E-state index in [1.807, 2.05) is 12.1 Å². The molecule has 0 radical (unpaired) electrons. The average Bonchev–Trinajstić information content (AvgIpc) is 2.99. The van der Waals surface area contributed by atoms with Crippen LogP contribution in [0.15, 0.2) is 24.3 Å². The highest BCUT2D eigenvalue weighted by Crippen LogP contribution is 2.31. The molecule has 2 fully saturated rings. The molecule has 2 aliphatic rings. The molecular formula is C18H27ClN2. The molecule has 3 rings (SSSR count). The monoisotopic (exact) mass is 306 g/mol. The van der Waals surface area contributed by atoms with Crippen LogP contribution in [0.3, 0.4) is 0 Å². The molecule has 0 bridgehead atoms. The summed E-state index contributed by atoms with van der Waals surface area (Å²) in [5, 5.41) is 8.39. The minimum Gasteiger partial charge on any atom is -0.314 e. The van der Waals surface area contributed by atoms with Crippen LogP contribution < -0.4 is 10.6 Å². The Kier molecular flexibility index (Phi) is 5.56. The van der Waals surface area contributed by atoms with Crippen molar-refractivity contribution in [2.75, 3.05) is 13.1 Å². The van der Waals surface area contributed by atoms with Crippen molar-refractivity contribution in [3.63, 3.8) is 0 Å². The van der Waals surface area contributed by atoms with Gasteiger partial charge in [-0.15, -0.1) is 0 Å². The minimum absolute atomic E-state index is 0.716. The average molecular weight is 307 g/mol. The summed E-state index contributed by atoms with van der Waals surface area (Å²) in [5.74, 6) is 0.843. The number of hydrogen-bond acceptors (Lipinski definition) is 2. The molecule has 0 aromatic heterocycles. The van der Waals surface area contributed by atoms with Gasteiger partial charge in [-0.1, -0.05) is 36.6 Å². The lowest BCUT2D eigenvalue weighted by Gasteiger charge is -2.33. The SMILES string of the molecule is Clc1ccc(CCNC2CCCC2C2CCCCN2)cc1. The lowest BCUT2D eigenvalue weighted by molar-refractivity contribution is 0.258. The second-order valence-electron chi connectivity index (χ2n) is 6.59. The van der Waals surface area contributed by atoms with Crippen LogP contribution in [0, 0.1) is 5.92 Å². The van der Waals surface area contributed by atoms with Gasteiger partial charge in [0, 0.05) is 17.1 Å². The molecule has 116 valence electrons. The normalized spacial score (nSPS) is 29.7. The van der Waals surface area contributed by atoms with E-state index in [2.05, 4.69) is 22.8 Å². The summed E-state index contributed by atoms with van der Waals surface area (Å²) in [7, 11) is 0. The predicted molar refractivity (Wildman–Crippen MR) is 89.9 cm³/mol. The van der Waals surface area contributed by atoms with Gasteiger partial charge in [0.25, 0.3) is 0 Å². The first kappa shape index (κ1) is 15.3. The lowest BCUT2D eigenvalue weighted by Crippen LogP contribution is -2.47. The van der Waals surface area contributed by atoms with Gasteiger partial charge in [0.1, 0.15) is 0 Å². The number of hydrogen-bond donors (Lipinski definition) is 2. The largest absolute Gasteiger partial charge is 0.314 e. The zero-order chi connectivity index (χ0) is 14.5. The number of piperidine rings is 1. The molecule has 21 heavy (non-hydrogen) atoms. The molecular weight excluding hydrogens is 280 g/mol. The van der Waals surface area contributed by atoms with Gasteiger partial charge in [-0.2, -0.15) is 0 Å². The number of rotatable bonds is 5. The van der Waals surface area contributed by atoms with Crippen LogP contribution in [0.2, 0.25) is 5.02 Å². The Bertz CT molecular complexity index is 425. The first-order valence-corrected chi connectivity index (χ1v) is 8.92. The molecule has 0 amide bonds. The van der Waals surface area contributed by atoms with Crippen LogP contribution in [-0.2, 0) is 6.42 Å². The predicted octanol–water partition coefficient (Wildman–Crippen LogP) is 3.78. The summed E-state index contributed by atoms with van der Waals surface area (Å²) < 4.78 is 0. The van der Waals surface area contributed by atoms with E-state index in [1.165, 1.54) is 50.6 Å². The topological polar surface area (TPSA) is 24.1 Å². The minimum atomic E-state index is 0.716. The first-order valence-electron chi connectivity index (χ1n) is 8.54. The van der Waals surface area contributed by atoms with Crippen LogP contribution in [-0.4, -0.2) is 25.2 Å². The Morgan fingerprint density at radius 1 is 1.05 bits per heavy atom. The van der Waals surface area contributed by atoms with E-state index < -0.39 is 0 Å². The molecule has 1 heterocycles. The number of nitrogens with one attached hydrogen (secondary N) is 2. The second kappa shape index (κ2) is 7.62. The van der Waals surface area contributed by atoms with Crippen LogP contribution in [0.5, 0.6) is 0 Å². The Hall–Kier alpha value is -0.570. The van der Waals surface area contributed by atoms with Crippen LogP contribution in [0.4, 0.5) is 0 Å². The summed E-state index contributed by atoms with van der Waals surface area (Å²) in [6.45, 7) is 2.30. The highest BCUT2D eigenvalue weighted by molar-refractivity contribution is 6.30. The summed E-state index contributed by atoms with van der Waals surface area (Å²) in [5.41, 5.74) is 1.37. The van der Waals surface area contributed by atoms with Gasteiger partial charge >= 0.3 is 0 Å². The maximum atomic E-state index is 5.93. The molecule has 1 aromatic carbocycles. The van der Waals surface area contributed by atoms with Gasteiger partial charge in [0.15, 0.2) is 0 Å². The van der Waals surface area contributed by atoms with Crippen molar-refractivity contribution in [2.24, 2.45) is 5.92 Å². The standard InChI is InChI=1S/C18H27ClN2/c19-15-9-7-14(8-10-15)11-13-21-18-6-3-4-16(18)17-5-1-2-12-20-17/h7-10,16-18,20-21H,1-6,11-13H2. The fraction of sp³-hybridized carbons (Fsp3) is 0.667. The van der Waals surface area contributed by atoms with E-state index in [0.717, 1.165) is 29.9 Å². The highest BCUT2D eigenvalue weighted by Gasteiger charge is 2.33. The third kappa shape index (κ3) is 4.21. The second-order valence-corrected chi connectivity index (χ2v) is 7.02. The maximum Gasteiger partial charge on any atom is 0.0406 e. The molecule has 3 heteroatoms. The van der Waals surface area contributed by atoms with Crippen molar-refractivity contribution in [1.29, 1.82) is 0 Å². The van der Waals surface area contributed by atoms with Crippen molar-refractivity contribution >= 4 is 11.6 Å². The van der Waals surface area contributed by atoms with Gasteiger partial charge in [-0.25, -0.2) is 0 Å². The molecule has 1 saturated heterocycles. The van der Waals surface area contributed by atoms with E-state index in [9.17, 15) is 0 Å². The molecule has 1 saturated carbocycles. The zero-order valence-electron chi connectivity index (χ0n) is 12.8. The van der Waals surface area contributed by atoms with Crippen LogP contribution >= 0.6 is 11.6 Å². The Labute approximate surface area is 133 Å². The first-order chi connectivity index (χ1) is 10.3. The molecule has 1 aliphatic carbocycles. The number of halogens is 1. The van der Waals surface area contributed by atoms with Crippen molar-refractivity contribution in [3.8, 4) is 0 Å². The molecule has 0 spiro atoms. The smallest absolute Gasteiger partial charge is 0.0406 e. The van der Waals surface area contributed by atoms with Gasteiger partial charge in [-0.3, -0.25) is 0 Å².